The van der Waals surface area contributed by atoms with Crippen molar-refractivity contribution in [2.75, 3.05) is 0 Å². The van der Waals surface area contributed by atoms with Crippen LogP contribution in [0.5, 0.6) is 0 Å². The lowest BCUT2D eigenvalue weighted by molar-refractivity contribution is 0.00578. The first-order chi connectivity index (χ1) is 16.8. The van der Waals surface area contributed by atoms with Crippen LogP contribution in [0.2, 0.25) is 0 Å². The Morgan fingerprint density at radius 1 is 0.514 bits per heavy atom. The van der Waals surface area contributed by atoms with E-state index in [9.17, 15) is 0 Å². The van der Waals surface area contributed by atoms with E-state index in [0.717, 1.165) is 5.46 Å². The van der Waals surface area contributed by atoms with Crippen LogP contribution >= 0.6 is 0 Å². The summed E-state index contributed by atoms with van der Waals surface area (Å²) in [6.45, 7) is 8.37. The first-order valence-corrected chi connectivity index (χ1v) is 12.3. The number of hydrogen-bond donors (Lipinski definition) is 0. The highest BCUT2D eigenvalue weighted by Gasteiger charge is 2.51. The molecular formula is C32H29BO2. The molecule has 0 spiro atoms. The van der Waals surface area contributed by atoms with Gasteiger partial charge in [0.2, 0.25) is 0 Å². The first kappa shape index (κ1) is 22.1. The van der Waals surface area contributed by atoms with Crippen molar-refractivity contribution in [1.82, 2.24) is 0 Å². The van der Waals surface area contributed by atoms with Crippen molar-refractivity contribution in [3.63, 3.8) is 0 Å². The third-order valence-corrected chi connectivity index (χ3v) is 7.67. The van der Waals surface area contributed by atoms with Crippen molar-refractivity contribution < 1.29 is 9.31 Å². The summed E-state index contributed by atoms with van der Waals surface area (Å²) < 4.78 is 12.5. The second kappa shape index (κ2) is 8.08. The predicted octanol–water partition coefficient (Wildman–Crippen LogP) is 7.63. The van der Waals surface area contributed by atoms with E-state index in [1.54, 1.807) is 0 Å². The number of hydrogen-bond acceptors (Lipinski definition) is 2. The molecule has 1 saturated heterocycles. The van der Waals surface area contributed by atoms with Gasteiger partial charge >= 0.3 is 7.12 Å². The van der Waals surface area contributed by atoms with E-state index in [1.165, 1.54) is 43.8 Å². The molecule has 1 aliphatic rings. The van der Waals surface area contributed by atoms with Gasteiger partial charge in [0.25, 0.3) is 0 Å². The third kappa shape index (κ3) is 3.85. The van der Waals surface area contributed by atoms with E-state index in [4.69, 9.17) is 9.31 Å². The molecule has 5 aromatic rings. The Kier molecular flexibility index (Phi) is 5.10. The fourth-order valence-electron chi connectivity index (χ4n) is 4.90. The molecule has 3 heteroatoms. The van der Waals surface area contributed by atoms with Gasteiger partial charge in [0.05, 0.1) is 11.2 Å². The molecule has 0 aliphatic carbocycles. The Balaban J connectivity index is 1.43. The second-order valence-corrected chi connectivity index (χ2v) is 10.5. The van der Waals surface area contributed by atoms with Crippen molar-refractivity contribution >= 4 is 34.1 Å². The van der Waals surface area contributed by atoms with Crippen LogP contribution in [-0.4, -0.2) is 18.3 Å². The Bertz CT molecular complexity index is 1540. The summed E-state index contributed by atoms with van der Waals surface area (Å²) in [5.41, 5.74) is 5.29. The van der Waals surface area contributed by atoms with Crippen LogP contribution in [0.4, 0.5) is 0 Å². The van der Waals surface area contributed by atoms with Crippen molar-refractivity contribution in [3.8, 4) is 22.3 Å². The average Bonchev–Trinajstić information content (AvgIpc) is 3.09. The fourth-order valence-corrected chi connectivity index (χ4v) is 4.90. The Labute approximate surface area is 207 Å². The number of benzene rings is 5. The van der Waals surface area contributed by atoms with Crippen LogP contribution in [0.3, 0.4) is 0 Å². The zero-order valence-corrected chi connectivity index (χ0v) is 20.7. The summed E-state index contributed by atoms with van der Waals surface area (Å²) in [7, 11) is -0.351. The summed E-state index contributed by atoms with van der Waals surface area (Å²) in [5, 5.41) is 4.90. The smallest absolute Gasteiger partial charge is 0.399 e. The minimum absolute atomic E-state index is 0.346. The molecule has 0 aromatic heterocycles. The molecule has 5 aromatic carbocycles. The van der Waals surface area contributed by atoms with Crippen LogP contribution in [0.1, 0.15) is 27.7 Å². The van der Waals surface area contributed by atoms with Crippen molar-refractivity contribution in [2.24, 2.45) is 0 Å². The van der Waals surface area contributed by atoms with E-state index in [-0.39, 0.29) is 18.3 Å². The summed E-state index contributed by atoms with van der Waals surface area (Å²) in [5.74, 6) is 0. The van der Waals surface area contributed by atoms with Crippen LogP contribution in [-0.2, 0) is 9.31 Å². The van der Waals surface area contributed by atoms with Gasteiger partial charge in [-0.2, -0.15) is 0 Å². The number of rotatable bonds is 3. The molecule has 1 fully saturated rings. The highest BCUT2D eigenvalue weighted by Crippen LogP contribution is 2.38. The molecular weight excluding hydrogens is 427 g/mol. The van der Waals surface area contributed by atoms with Gasteiger partial charge in [-0.25, -0.2) is 0 Å². The lowest BCUT2D eigenvalue weighted by Crippen LogP contribution is -2.41. The van der Waals surface area contributed by atoms with Crippen molar-refractivity contribution in [2.45, 2.75) is 38.9 Å². The quantitative estimate of drug-likeness (QED) is 0.260. The van der Waals surface area contributed by atoms with Crippen LogP contribution in [0.25, 0.3) is 43.8 Å². The standard InChI is InChI=1S/C32H29BO2/c1-31(2)32(3,4)35-33(34-31)28-17-16-23-18-26(15-14-24(23)20-28)30-21-27(22-10-6-5-7-11-22)19-25-12-8-9-13-29(25)30/h5-21H,1-4H3. The largest absolute Gasteiger partial charge is 0.494 e. The zero-order valence-electron chi connectivity index (χ0n) is 20.7. The summed E-state index contributed by atoms with van der Waals surface area (Å²) >= 11 is 0. The highest BCUT2D eigenvalue weighted by atomic mass is 16.7. The van der Waals surface area contributed by atoms with E-state index in [0.29, 0.717) is 0 Å². The normalized spacial score (nSPS) is 16.7. The van der Waals surface area contributed by atoms with Crippen molar-refractivity contribution in [1.29, 1.82) is 0 Å². The molecule has 1 aliphatic heterocycles. The van der Waals surface area contributed by atoms with Gasteiger partial charge in [-0.15, -0.1) is 0 Å². The summed E-state index contributed by atoms with van der Waals surface area (Å²) in [6, 6.07) is 37.1. The molecule has 2 nitrogen and oxygen atoms in total. The molecule has 172 valence electrons. The molecule has 0 bridgehead atoms. The predicted molar refractivity (Wildman–Crippen MR) is 148 cm³/mol. The first-order valence-electron chi connectivity index (χ1n) is 12.3. The number of fused-ring (bicyclic) bond motifs is 2. The molecule has 0 saturated carbocycles. The molecule has 0 atom stereocenters. The zero-order chi connectivity index (χ0) is 24.2. The van der Waals surface area contributed by atoms with Gasteiger partial charge in [-0.1, -0.05) is 84.9 Å². The van der Waals surface area contributed by atoms with E-state index in [2.05, 4.69) is 131 Å². The SMILES string of the molecule is CC1(C)OB(c2ccc3cc(-c4cc(-c5ccccc5)cc5ccccc45)ccc3c2)OC1(C)C. The molecule has 35 heavy (non-hydrogen) atoms. The summed E-state index contributed by atoms with van der Waals surface area (Å²) in [6.07, 6.45) is 0. The lowest BCUT2D eigenvalue weighted by Gasteiger charge is -2.32. The van der Waals surface area contributed by atoms with Gasteiger partial charge in [0, 0.05) is 0 Å². The van der Waals surface area contributed by atoms with E-state index in [1.807, 2.05) is 0 Å². The van der Waals surface area contributed by atoms with Gasteiger partial charge in [0.1, 0.15) is 0 Å². The third-order valence-electron chi connectivity index (χ3n) is 7.67. The molecule has 0 unspecified atom stereocenters. The van der Waals surface area contributed by atoms with Gasteiger partial charge in [-0.3, -0.25) is 0 Å². The topological polar surface area (TPSA) is 18.5 Å². The maximum atomic E-state index is 6.27. The monoisotopic (exact) mass is 456 g/mol. The van der Waals surface area contributed by atoms with Gasteiger partial charge < -0.3 is 9.31 Å². The Morgan fingerprint density at radius 2 is 1.14 bits per heavy atom. The maximum Gasteiger partial charge on any atom is 0.494 e. The minimum Gasteiger partial charge on any atom is -0.399 e. The molecule has 0 radical (unpaired) electrons. The van der Waals surface area contributed by atoms with Gasteiger partial charge in [0.15, 0.2) is 0 Å². The highest BCUT2D eigenvalue weighted by molar-refractivity contribution is 6.62. The molecule has 6 rings (SSSR count). The molecule has 0 amide bonds. The van der Waals surface area contributed by atoms with E-state index >= 15 is 0 Å². The van der Waals surface area contributed by atoms with Crippen molar-refractivity contribution in [3.05, 3.63) is 103 Å². The molecule has 1 heterocycles. The van der Waals surface area contributed by atoms with Crippen LogP contribution in [0, 0.1) is 0 Å². The van der Waals surface area contributed by atoms with E-state index < -0.39 is 0 Å². The van der Waals surface area contributed by atoms with Crippen LogP contribution in [0.15, 0.2) is 103 Å². The lowest BCUT2D eigenvalue weighted by atomic mass is 9.78. The summed E-state index contributed by atoms with van der Waals surface area (Å²) in [4.78, 5) is 0. The molecule has 0 N–H and O–H groups in total. The maximum absolute atomic E-state index is 6.27. The van der Waals surface area contributed by atoms with Gasteiger partial charge in [-0.05, 0) is 95.2 Å². The Morgan fingerprint density at radius 3 is 1.91 bits per heavy atom. The second-order valence-electron chi connectivity index (χ2n) is 10.5. The Hall–Kier alpha value is -3.40. The minimum atomic E-state index is -0.351. The average molecular weight is 456 g/mol. The fraction of sp³-hybridized carbons (Fsp3) is 0.188. The van der Waals surface area contributed by atoms with Crippen LogP contribution < -0.4 is 5.46 Å².